The minimum atomic E-state index is -3.12. The Morgan fingerprint density at radius 2 is 2.00 bits per heavy atom. The molecule has 1 aromatic heterocycles. The van der Waals surface area contributed by atoms with Crippen LogP contribution in [-0.2, 0) is 22.1 Å². The summed E-state index contributed by atoms with van der Waals surface area (Å²) in [6.45, 7) is 6.12. The van der Waals surface area contributed by atoms with Crippen molar-refractivity contribution in [1.82, 2.24) is 4.57 Å². The van der Waals surface area contributed by atoms with E-state index in [4.69, 9.17) is 0 Å². The summed E-state index contributed by atoms with van der Waals surface area (Å²) < 4.78 is 26.1. The molecule has 0 saturated carbocycles. The number of aromatic hydroxyl groups is 1. The second-order valence-corrected chi connectivity index (χ2v) is 7.55. The number of aryl methyl sites for hydroxylation is 1. The average molecular weight is 281 g/mol. The number of benzene rings is 1. The van der Waals surface area contributed by atoms with Crippen LogP contribution in [0.1, 0.15) is 26.3 Å². The molecule has 0 unspecified atom stereocenters. The first kappa shape index (κ1) is 13.9. The van der Waals surface area contributed by atoms with Crippen molar-refractivity contribution in [3.8, 4) is 5.75 Å². The highest BCUT2D eigenvalue weighted by atomic mass is 32.2. The van der Waals surface area contributed by atoms with Gasteiger partial charge < -0.3 is 9.67 Å². The largest absolute Gasteiger partial charge is 0.508 e. The van der Waals surface area contributed by atoms with E-state index in [0.29, 0.717) is 0 Å². The first-order valence-electron chi connectivity index (χ1n) is 6.37. The summed E-state index contributed by atoms with van der Waals surface area (Å²) in [4.78, 5) is 0. The zero-order valence-electron chi connectivity index (χ0n) is 11.4. The maximum atomic E-state index is 12.0. The number of aromatic nitrogens is 1. The van der Waals surface area contributed by atoms with E-state index in [1.807, 2.05) is 17.7 Å². The molecule has 5 heteroatoms. The Kier molecular flexibility index (Phi) is 3.58. The normalized spacial score (nSPS) is 12.4. The van der Waals surface area contributed by atoms with Crippen molar-refractivity contribution >= 4 is 20.7 Å². The number of phenols is 1. The smallest absolute Gasteiger partial charge is 0.156 e. The van der Waals surface area contributed by atoms with E-state index in [1.165, 1.54) is 0 Å². The number of nitrogens with zero attached hydrogens (tertiary/aromatic N) is 1. The molecule has 0 radical (unpaired) electrons. The molecule has 0 aliphatic heterocycles. The number of rotatable bonds is 4. The quantitative estimate of drug-likeness (QED) is 0.937. The molecule has 19 heavy (non-hydrogen) atoms. The maximum Gasteiger partial charge on any atom is 0.156 e. The van der Waals surface area contributed by atoms with Gasteiger partial charge in [-0.3, -0.25) is 0 Å². The molecule has 0 aliphatic rings. The van der Waals surface area contributed by atoms with E-state index in [0.717, 1.165) is 23.0 Å². The predicted molar refractivity (Wildman–Crippen MR) is 77.0 cm³/mol. The van der Waals surface area contributed by atoms with Crippen molar-refractivity contribution in [2.45, 2.75) is 38.3 Å². The highest BCUT2D eigenvalue weighted by molar-refractivity contribution is 7.91. The van der Waals surface area contributed by atoms with Gasteiger partial charge in [0.15, 0.2) is 9.84 Å². The molecule has 0 saturated heterocycles. The van der Waals surface area contributed by atoms with Crippen molar-refractivity contribution < 1.29 is 13.5 Å². The Morgan fingerprint density at radius 3 is 2.58 bits per heavy atom. The second kappa shape index (κ2) is 4.89. The zero-order valence-corrected chi connectivity index (χ0v) is 12.2. The van der Waals surface area contributed by atoms with Crippen molar-refractivity contribution in [3.63, 3.8) is 0 Å². The molecule has 0 aliphatic carbocycles. The molecular weight excluding hydrogens is 262 g/mol. The minimum Gasteiger partial charge on any atom is -0.508 e. The highest BCUT2D eigenvalue weighted by Crippen LogP contribution is 2.27. The molecule has 104 valence electrons. The van der Waals surface area contributed by atoms with Crippen molar-refractivity contribution in [2.24, 2.45) is 0 Å². The monoisotopic (exact) mass is 281 g/mol. The van der Waals surface area contributed by atoms with Crippen LogP contribution in [0.25, 0.3) is 10.9 Å². The van der Waals surface area contributed by atoms with E-state index in [-0.39, 0.29) is 16.8 Å². The van der Waals surface area contributed by atoms with Crippen LogP contribution in [0.5, 0.6) is 5.75 Å². The van der Waals surface area contributed by atoms with Gasteiger partial charge in [0.2, 0.25) is 0 Å². The van der Waals surface area contributed by atoms with Gasteiger partial charge in [-0.05, 0) is 38.5 Å². The first-order chi connectivity index (χ1) is 8.85. The number of hydrogen-bond acceptors (Lipinski definition) is 3. The number of hydrogen-bond donors (Lipinski definition) is 1. The van der Waals surface area contributed by atoms with Gasteiger partial charge in [0, 0.05) is 24.2 Å². The fourth-order valence-corrected chi connectivity index (χ4v) is 3.11. The second-order valence-electron chi connectivity index (χ2n) is 5.00. The van der Waals surface area contributed by atoms with Crippen molar-refractivity contribution in [2.75, 3.05) is 0 Å². The minimum absolute atomic E-state index is 0.0406. The van der Waals surface area contributed by atoms with Crippen LogP contribution in [-0.4, -0.2) is 23.3 Å². The maximum absolute atomic E-state index is 12.0. The lowest BCUT2D eigenvalue weighted by atomic mass is 10.2. The van der Waals surface area contributed by atoms with E-state index in [9.17, 15) is 13.5 Å². The fourth-order valence-electron chi connectivity index (χ4n) is 2.12. The third kappa shape index (κ3) is 2.61. The highest BCUT2D eigenvalue weighted by Gasteiger charge is 2.20. The third-order valence-electron chi connectivity index (χ3n) is 3.36. The van der Waals surface area contributed by atoms with Crippen LogP contribution in [0.2, 0.25) is 0 Å². The van der Waals surface area contributed by atoms with Gasteiger partial charge in [0.25, 0.3) is 0 Å². The molecule has 0 bridgehead atoms. The van der Waals surface area contributed by atoms with Crippen LogP contribution >= 0.6 is 0 Å². The Balaban J connectivity index is 2.56. The summed E-state index contributed by atoms with van der Waals surface area (Å²) in [5.41, 5.74) is 1.67. The Bertz CT molecular complexity index is 699. The van der Waals surface area contributed by atoms with Crippen molar-refractivity contribution in [1.29, 1.82) is 0 Å². The Morgan fingerprint density at radius 1 is 1.32 bits per heavy atom. The molecule has 0 atom stereocenters. The van der Waals surface area contributed by atoms with Gasteiger partial charge in [-0.15, -0.1) is 0 Å². The van der Waals surface area contributed by atoms with Crippen LogP contribution in [0.3, 0.4) is 0 Å². The van der Waals surface area contributed by atoms with Crippen LogP contribution < -0.4 is 0 Å². The predicted octanol–water partition coefficient (Wildman–Crippen LogP) is 2.69. The summed E-state index contributed by atoms with van der Waals surface area (Å²) in [5, 5.41) is 10.1. The molecule has 1 heterocycles. The van der Waals surface area contributed by atoms with Gasteiger partial charge in [-0.2, -0.15) is 0 Å². The van der Waals surface area contributed by atoms with E-state index in [1.54, 1.807) is 32.0 Å². The summed E-state index contributed by atoms with van der Waals surface area (Å²) >= 11 is 0. The summed E-state index contributed by atoms with van der Waals surface area (Å²) in [7, 11) is -3.12. The van der Waals surface area contributed by atoms with Gasteiger partial charge >= 0.3 is 0 Å². The number of phenolic OH excluding ortho intramolecular Hbond substituents is 1. The SMILES string of the molecule is CCn1cc(CS(=O)(=O)C(C)C)c2ccc(O)cc21. The summed E-state index contributed by atoms with van der Waals surface area (Å²) in [5.74, 6) is 0.234. The number of sulfone groups is 1. The Hall–Kier alpha value is -1.49. The fraction of sp³-hybridized carbons (Fsp3) is 0.429. The number of fused-ring (bicyclic) bond motifs is 1. The molecule has 1 aromatic carbocycles. The first-order valence-corrected chi connectivity index (χ1v) is 8.09. The van der Waals surface area contributed by atoms with E-state index >= 15 is 0 Å². The molecule has 4 nitrogen and oxygen atoms in total. The lowest BCUT2D eigenvalue weighted by Crippen LogP contribution is -2.15. The van der Waals surface area contributed by atoms with Crippen LogP contribution in [0.4, 0.5) is 0 Å². The molecule has 2 rings (SSSR count). The van der Waals surface area contributed by atoms with E-state index < -0.39 is 9.84 Å². The Labute approximate surface area is 113 Å². The summed E-state index contributed by atoms with van der Waals surface area (Å²) in [6.07, 6.45) is 1.87. The van der Waals surface area contributed by atoms with Gasteiger partial charge in [-0.1, -0.05) is 0 Å². The topological polar surface area (TPSA) is 59.3 Å². The molecule has 1 N–H and O–H groups in total. The molecule has 0 spiro atoms. The molecule has 0 amide bonds. The zero-order chi connectivity index (χ0) is 14.2. The van der Waals surface area contributed by atoms with E-state index in [2.05, 4.69) is 0 Å². The molecule has 0 fully saturated rings. The molecular formula is C14H19NO3S. The van der Waals surface area contributed by atoms with Gasteiger partial charge in [-0.25, -0.2) is 8.42 Å². The lowest BCUT2D eigenvalue weighted by molar-refractivity contribution is 0.476. The van der Waals surface area contributed by atoms with Gasteiger partial charge in [0.05, 0.1) is 16.5 Å². The van der Waals surface area contributed by atoms with Crippen LogP contribution in [0.15, 0.2) is 24.4 Å². The molecule has 2 aromatic rings. The standard InChI is InChI=1S/C14H19NO3S/c1-4-15-8-11(9-19(17,18)10(2)3)13-6-5-12(16)7-14(13)15/h5-8,10,16H,4,9H2,1-3H3. The lowest BCUT2D eigenvalue weighted by Gasteiger charge is -2.06. The summed E-state index contributed by atoms with van der Waals surface area (Å²) in [6, 6.07) is 5.04. The average Bonchev–Trinajstić information content (AvgIpc) is 2.66. The van der Waals surface area contributed by atoms with Crippen molar-refractivity contribution in [3.05, 3.63) is 30.0 Å². The third-order valence-corrected chi connectivity index (χ3v) is 5.51. The van der Waals surface area contributed by atoms with Crippen LogP contribution in [0, 0.1) is 0 Å². The van der Waals surface area contributed by atoms with Gasteiger partial charge in [0.1, 0.15) is 5.75 Å².